The second kappa shape index (κ2) is 8.68. The van der Waals surface area contributed by atoms with Crippen molar-refractivity contribution >= 4 is 34.2 Å². The lowest BCUT2D eigenvalue weighted by Gasteiger charge is -2.29. The first-order chi connectivity index (χ1) is 9.54. The zero-order valence-electron chi connectivity index (χ0n) is 11.9. The first-order valence-electron chi connectivity index (χ1n) is 6.66. The molecule has 1 aromatic rings. The average Bonchev–Trinajstić information content (AvgIpc) is 2.38. The standard InChI is InChI=1S/C14H19BrFN3O.ClH/c1-18(9-11-6-12(15)8-13(16)7-11)10-14(20)19-4-2-17-3-5-19;/h6-8,17H,2-5,9-10H2,1H3;1H. The third-order valence-electron chi connectivity index (χ3n) is 3.25. The van der Waals surface area contributed by atoms with Crippen molar-refractivity contribution in [3.05, 3.63) is 34.1 Å². The number of halogens is 3. The zero-order chi connectivity index (χ0) is 14.5. The molecule has 0 spiro atoms. The zero-order valence-corrected chi connectivity index (χ0v) is 14.3. The Balaban J connectivity index is 0.00000220. The molecule has 0 aliphatic carbocycles. The van der Waals surface area contributed by atoms with Crippen molar-refractivity contribution in [1.82, 2.24) is 15.1 Å². The van der Waals surface area contributed by atoms with Gasteiger partial charge in [0.15, 0.2) is 0 Å². The Hall–Kier alpha value is -0.690. The molecule has 1 aliphatic rings. The number of nitrogens with one attached hydrogen (secondary N) is 1. The van der Waals surface area contributed by atoms with Gasteiger partial charge in [-0.05, 0) is 30.8 Å². The molecule has 118 valence electrons. The van der Waals surface area contributed by atoms with E-state index in [4.69, 9.17) is 0 Å². The van der Waals surface area contributed by atoms with E-state index in [9.17, 15) is 9.18 Å². The van der Waals surface area contributed by atoms with Crippen LogP contribution in [0.3, 0.4) is 0 Å². The fourth-order valence-corrected chi connectivity index (χ4v) is 2.83. The molecule has 1 fully saturated rings. The molecule has 0 atom stereocenters. The van der Waals surface area contributed by atoms with Crippen molar-refractivity contribution in [3.63, 3.8) is 0 Å². The number of hydrogen-bond acceptors (Lipinski definition) is 3. The van der Waals surface area contributed by atoms with Crippen LogP contribution in [0.5, 0.6) is 0 Å². The SMILES string of the molecule is CN(CC(=O)N1CCNCC1)Cc1cc(F)cc(Br)c1.Cl. The maximum atomic E-state index is 13.3. The molecule has 7 heteroatoms. The molecule has 0 saturated carbocycles. The van der Waals surface area contributed by atoms with Crippen LogP contribution in [0, 0.1) is 5.82 Å². The molecule has 0 unspecified atom stereocenters. The monoisotopic (exact) mass is 379 g/mol. The molecule has 4 nitrogen and oxygen atoms in total. The second-order valence-corrected chi connectivity index (χ2v) is 6.00. The minimum absolute atomic E-state index is 0. The van der Waals surface area contributed by atoms with Gasteiger partial charge in [0.2, 0.25) is 5.91 Å². The highest BCUT2D eigenvalue weighted by molar-refractivity contribution is 9.10. The number of likely N-dealkylation sites (N-methyl/N-ethyl adjacent to an activating group) is 1. The molecule has 0 aromatic heterocycles. The molecule has 2 rings (SSSR count). The van der Waals surface area contributed by atoms with Gasteiger partial charge in [0.1, 0.15) is 5.82 Å². The van der Waals surface area contributed by atoms with Crippen molar-refractivity contribution in [1.29, 1.82) is 0 Å². The van der Waals surface area contributed by atoms with Crippen molar-refractivity contribution in [2.45, 2.75) is 6.54 Å². The molecule has 1 N–H and O–H groups in total. The maximum absolute atomic E-state index is 13.3. The number of piperazine rings is 1. The Morgan fingerprint density at radius 2 is 2.05 bits per heavy atom. The summed E-state index contributed by atoms with van der Waals surface area (Å²) in [5.41, 5.74) is 0.854. The van der Waals surface area contributed by atoms with Crippen molar-refractivity contribution in [2.75, 3.05) is 39.8 Å². The minimum atomic E-state index is -0.267. The van der Waals surface area contributed by atoms with E-state index in [0.717, 1.165) is 31.7 Å². The average molecular weight is 381 g/mol. The normalized spacial score (nSPS) is 15.0. The Labute approximate surface area is 139 Å². The smallest absolute Gasteiger partial charge is 0.236 e. The number of carbonyl (C=O) groups excluding carboxylic acids is 1. The summed E-state index contributed by atoms with van der Waals surface area (Å²) in [6, 6.07) is 4.79. The third kappa shape index (κ3) is 5.90. The molecule has 0 bridgehead atoms. The molecule has 1 aliphatic heterocycles. The summed E-state index contributed by atoms with van der Waals surface area (Å²) in [4.78, 5) is 15.9. The highest BCUT2D eigenvalue weighted by Gasteiger charge is 2.17. The lowest BCUT2D eigenvalue weighted by molar-refractivity contribution is -0.132. The summed E-state index contributed by atoms with van der Waals surface area (Å²) in [5, 5.41) is 3.22. The van der Waals surface area contributed by atoms with E-state index in [1.807, 2.05) is 22.9 Å². The Kier molecular flexibility index (Phi) is 7.59. The van der Waals surface area contributed by atoms with Crippen molar-refractivity contribution in [3.8, 4) is 0 Å². The minimum Gasteiger partial charge on any atom is -0.339 e. The van der Waals surface area contributed by atoms with Crippen molar-refractivity contribution in [2.24, 2.45) is 0 Å². The van der Waals surface area contributed by atoms with Gasteiger partial charge in [0, 0.05) is 37.2 Å². The molecule has 1 heterocycles. The number of carbonyl (C=O) groups is 1. The Morgan fingerprint density at radius 1 is 1.38 bits per heavy atom. The lowest BCUT2D eigenvalue weighted by Crippen LogP contribution is -2.49. The number of nitrogens with zero attached hydrogens (tertiary/aromatic N) is 2. The topological polar surface area (TPSA) is 35.6 Å². The van der Waals surface area contributed by atoms with Crippen LogP contribution in [0.15, 0.2) is 22.7 Å². The third-order valence-corrected chi connectivity index (χ3v) is 3.71. The number of benzene rings is 1. The van der Waals surface area contributed by atoms with Gasteiger partial charge in [-0.3, -0.25) is 9.69 Å². The van der Waals surface area contributed by atoms with E-state index in [1.165, 1.54) is 12.1 Å². The van der Waals surface area contributed by atoms with Gasteiger partial charge in [-0.15, -0.1) is 12.4 Å². The fourth-order valence-electron chi connectivity index (χ4n) is 2.31. The Morgan fingerprint density at radius 3 is 2.67 bits per heavy atom. The summed E-state index contributed by atoms with van der Waals surface area (Å²) in [6.45, 7) is 4.14. The molecule has 1 amide bonds. The highest BCUT2D eigenvalue weighted by atomic mass is 79.9. The van der Waals surface area contributed by atoms with E-state index in [2.05, 4.69) is 21.2 Å². The quantitative estimate of drug-likeness (QED) is 0.866. The van der Waals surface area contributed by atoms with Gasteiger partial charge < -0.3 is 10.2 Å². The predicted octanol–water partition coefficient (Wildman–Crippen LogP) is 1.87. The number of hydrogen-bond donors (Lipinski definition) is 1. The lowest BCUT2D eigenvalue weighted by atomic mass is 10.2. The van der Waals surface area contributed by atoms with Gasteiger partial charge in [0.05, 0.1) is 6.54 Å². The number of amides is 1. The van der Waals surface area contributed by atoms with Gasteiger partial charge in [-0.25, -0.2) is 4.39 Å². The number of rotatable bonds is 4. The summed E-state index contributed by atoms with van der Waals surface area (Å²) < 4.78 is 14.0. The second-order valence-electron chi connectivity index (χ2n) is 5.08. The van der Waals surface area contributed by atoms with Crippen molar-refractivity contribution < 1.29 is 9.18 Å². The van der Waals surface area contributed by atoms with Crippen LogP contribution in [-0.2, 0) is 11.3 Å². The fraction of sp³-hybridized carbons (Fsp3) is 0.500. The van der Waals surface area contributed by atoms with Crippen LogP contribution in [0.1, 0.15) is 5.56 Å². The van der Waals surface area contributed by atoms with Crippen LogP contribution < -0.4 is 5.32 Å². The van der Waals surface area contributed by atoms with Gasteiger partial charge in [-0.1, -0.05) is 15.9 Å². The van der Waals surface area contributed by atoms with Crippen LogP contribution in [0.4, 0.5) is 4.39 Å². The first-order valence-corrected chi connectivity index (χ1v) is 7.46. The van der Waals surface area contributed by atoms with E-state index in [-0.39, 0.29) is 24.1 Å². The summed E-state index contributed by atoms with van der Waals surface area (Å²) in [5.74, 6) is -0.138. The van der Waals surface area contributed by atoms with Gasteiger partial charge in [-0.2, -0.15) is 0 Å². The maximum Gasteiger partial charge on any atom is 0.236 e. The first kappa shape index (κ1) is 18.4. The Bertz CT molecular complexity index is 463. The summed E-state index contributed by atoms with van der Waals surface area (Å²) >= 11 is 3.28. The van der Waals surface area contributed by atoms with Gasteiger partial charge >= 0.3 is 0 Å². The van der Waals surface area contributed by atoms with E-state index < -0.39 is 0 Å². The molecule has 21 heavy (non-hydrogen) atoms. The molecule has 1 aromatic carbocycles. The van der Waals surface area contributed by atoms with Crippen LogP contribution in [-0.4, -0.2) is 55.5 Å². The van der Waals surface area contributed by atoms with Gasteiger partial charge in [0.25, 0.3) is 0 Å². The van der Waals surface area contributed by atoms with E-state index in [1.54, 1.807) is 0 Å². The predicted molar refractivity (Wildman–Crippen MR) is 87.1 cm³/mol. The highest BCUT2D eigenvalue weighted by Crippen LogP contribution is 2.16. The van der Waals surface area contributed by atoms with E-state index >= 15 is 0 Å². The van der Waals surface area contributed by atoms with Crippen LogP contribution in [0.2, 0.25) is 0 Å². The molecule has 0 radical (unpaired) electrons. The summed E-state index contributed by atoms with van der Waals surface area (Å²) in [7, 11) is 1.87. The van der Waals surface area contributed by atoms with Crippen LogP contribution in [0.25, 0.3) is 0 Å². The molecular formula is C14H20BrClFN3O. The summed E-state index contributed by atoms with van der Waals surface area (Å²) in [6.07, 6.45) is 0. The molecular weight excluding hydrogens is 361 g/mol. The van der Waals surface area contributed by atoms with Crippen LogP contribution >= 0.6 is 28.3 Å². The largest absolute Gasteiger partial charge is 0.339 e. The molecule has 1 saturated heterocycles. The van der Waals surface area contributed by atoms with E-state index in [0.29, 0.717) is 17.6 Å².